The van der Waals surface area contributed by atoms with E-state index in [1.807, 2.05) is 7.05 Å². The number of anilines is 1. The van der Waals surface area contributed by atoms with Crippen molar-refractivity contribution in [3.63, 3.8) is 0 Å². The lowest BCUT2D eigenvalue weighted by atomic mass is 10.3. The highest BCUT2D eigenvalue weighted by Gasteiger charge is 2.13. The van der Waals surface area contributed by atoms with Crippen LogP contribution in [0.15, 0.2) is 29.2 Å². The molecule has 6 heteroatoms. The number of sulfonamides is 1. The largest absolute Gasteiger partial charge is 0.388 e. The summed E-state index contributed by atoms with van der Waals surface area (Å²) in [5, 5.41) is 2.96. The van der Waals surface area contributed by atoms with Gasteiger partial charge in [-0.1, -0.05) is 0 Å². The molecule has 0 saturated heterocycles. The van der Waals surface area contributed by atoms with Crippen molar-refractivity contribution in [1.29, 1.82) is 0 Å². The van der Waals surface area contributed by atoms with E-state index in [0.29, 0.717) is 17.5 Å². The van der Waals surface area contributed by atoms with Crippen LogP contribution in [0.4, 0.5) is 5.69 Å². The first kappa shape index (κ1) is 16.9. The summed E-state index contributed by atoms with van der Waals surface area (Å²) >= 11 is 0. The molecule has 0 bridgehead atoms. The first-order chi connectivity index (χ1) is 9.36. The summed E-state index contributed by atoms with van der Waals surface area (Å²) in [6.45, 7) is 5.56. The van der Waals surface area contributed by atoms with E-state index >= 15 is 0 Å². The van der Waals surface area contributed by atoms with Gasteiger partial charge < -0.3 is 10.2 Å². The van der Waals surface area contributed by atoms with Crippen LogP contribution < -0.4 is 10.0 Å². The lowest BCUT2D eigenvalue weighted by Gasteiger charge is -2.20. The zero-order valence-electron chi connectivity index (χ0n) is 12.7. The second kappa shape index (κ2) is 7.61. The van der Waals surface area contributed by atoms with Crippen LogP contribution in [0.1, 0.15) is 20.3 Å². The maximum absolute atomic E-state index is 12.1. The predicted octanol–water partition coefficient (Wildman–Crippen LogP) is 1.74. The quantitative estimate of drug-likeness (QED) is 0.718. The van der Waals surface area contributed by atoms with Crippen molar-refractivity contribution in [3.8, 4) is 0 Å². The molecule has 0 aromatic heterocycles. The van der Waals surface area contributed by atoms with Gasteiger partial charge in [0.1, 0.15) is 0 Å². The van der Waals surface area contributed by atoms with Crippen LogP contribution in [0, 0.1) is 0 Å². The fourth-order valence-corrected chi connectivity index (χ4v) is 2.75. The zero-order chi connectivity index (χ0) is 15.2. The molecule has 20 heavy (non-hydrogen) atoms. The first-order valence-corrected chi connectivity index (χ1v) is 8.33. The summed E-state index contributed by atoms with van der Waals surface area (Å²) in [5.74, 6) is 0. The van der Waals surface area contributed by atoms with Crippen molar-refractivity contribution in [3.05, 3.63) is 24.3 Å². The normalized spacial score (nSPS) is 12.1. The number of benzene rings is 1. The van der Waals surface area contributed by atoms with E-state index in [1.165, 1.54) is 0 Å². The molecule has 2 N–H and O–H groups in total. The second-order valence-electron chi connectivity index (χ2n) is 5.10. The van der Waals surface area contributed by atoms with Crippen LogP contribution >= 0.6 is 0 Å². The van der Waals surface area contributed by atoms with E-state index in [4.69, 9.17) is 0 Å². The molecule has 0 atom stereocenters. The van der Waals surface area contributed by atoms with Crippen molar-refractivity contribution in [2.75, 3.05) is 32.5 Å². The van der Waals surface area contributed by atoms with Crippen LogP contribution in [-0.4, -0.2) is 46.5 Å². The molecule has 0 amide bonds. The van der Waals surface area contributed by atoms with Gasteiger partial charge in [0.15, 0.2) is 0 Å². The van der Waals surface area contributed by atoms with Crippen LogP contribution in [-0.2, 0) is 10.0 Å². The number of hydrogen-bond acceptors (Lipinski definition) is 4. The summed E-state index contributed by atoms with van der Waals surface area (Å²) in [5.41, 5.74) is 0.891. The molecule has 5 nitrogen and oxygen atoms in total. The maximum atomic E-state index is 12.1. The molecule has 1 rings (SSSR count). The van der Waals surface area contributed by atoms with Crippen molar-refractivity contribution in [2.45, 2.75) is 31.2 Å². The van der Waals surface area contributed by atoms with Crippen molar-refractivity contribution >= 4 is 15.7 Å². The summed E-state index contributed by atoms with van der Waals surface area (Å²) in [6, 6.07) is 7.19. The van der Waals surface area contributed by atoms with E-state index in [9.17, 15) is 8.42 Å². The Labute approximate surface area is 122 Å². The monoisotopic (exact) mass is 299 g/mol. The molecule has 0 heterocycles. The van der Waals surface area contributed by atoms with E-state index in [0.717, 1.165) is 18.7 Å². The molecule has 0 radical (unpaired) electrons. The highest BCUT2D eigenvalue weighted by Crippen LogP contribution is 2.13. The Morgan fingerprint density at radius 2 is 1.80 bits per heavy atom. The Bertz CT molecular complexity index is 498. The molecule has 0 saturated carbocycles. The number of hydrogen-bond donors (Lipinski definition) is 2. The third kappa shape index (κ3) is 5.11. The Morgan fingerprint density at radius 3 is 2.30 bits per heavy atom. The Kier molecular flexibility index (Phi) is 6.45. The predicted molar refractivity (Wildman–Crippen MR) is 83.6 cm³/mol. The van der Waals surface area contributed by atoms with E-state index in [-0.39, 0.29) is 0 Å². The minimum absolute atomic E-state index is 0.300. The van der Waals surface area contributed by atoms with Gasteiger partial charge in [0, 0.05) is 25.3 Å². The molecule has 1 aromatic carbocycles. The lowest BCUT2D eigenvalue weighted by Crippen LogP contribution is -2.31. The van der Waals surface area contributed by atoms with Gasteiger partial charge in [0.05, 0.1) is 4.90 Å². The third-order valence-electron chi connectivity index (χ3n) is 3.31. The van der Waals surface area contributed by atoms with Gasteiger partial charge in [-0.25, -0.2) is 13.1 Å². The minimum atomic E-state index is -3.40. The van der Waals surface area contributed by atoms with Gasteiger partial charge in [-0.05, 0) is 58.1 Å². The van der Waals surface area contributed by atoms with Gasteiger partial charge >= 0.3 is 0 Å². The fraction of sp³-hybridized carbons (Fsp3) is 0.571. The zero-order valence-corrected chi connectivity index (χ0v) is 13.5. The van der Waals surface area contributed by atoms with Crippen LogP contribution in [0.2, 0.25) is 0 Å². The molecule has 0 aliphatic heterocycles. The average Bonchev–Trinajstić information content (AvgIpc) is 2.43. The van der Waals surface area contributed by atoms with Crippen LogP contribution in [0.3, 0.4) is 0 Å². The van der Waals surface area contributed by atoms with Crippen molar-refractivity contribution in [1.82, 2.24) is 9.62 Å². The first-order valence-electron chi connectivity index (χ1n) is 6.84. The lowest BCUT2D eigenvalue weighted by molar-refractivity contribution is 0.271. The molecule has 0 spiro atoms. The summed E-state index contributed by atoms with van der Waals surface area (Å²) in [4.78, 5) is 2.49. The molecular formula is C14H25N3O2S. The Balaban J connectivity index is 2.49. The van der Waals surface area contributed by atoms with Gasteiger partial charge in [0.2, 0.25) is 10.0 Å². The number of nitrogens with zero attached hydrogens (tertiary/aromatic N) is 1. The third-order valence-corrected chi connectivity index (χ3v) is 4.79. The molecule has 0 fully saturated rings. The highest BCUT2D eigenvalue weighted by molar-refractivity contribution is 7.89. The van der Waals surface area contributed by atoms with Crippen molar-refractivity contribution < 1.29 is 8.42 Å². The van der Waals surface area contributed by atoms with Crippen LogP contribution in [0.5, 0.6) is 0 Å². The molecule has 114 valence electrons. The van der Waals surface area contributed by atoms with Crippen molar-refractivity contribution in [2.24, 2.45) is 0 Å². The molecular weight excluding hydrogens is 274 g/mol. The number of rotatable bonds is 8. The Morgan fingerprint density at radius 1 is 1.20 bits per heavy atom. The topological polar surface area (TPSA) is 61.4 Å². The molecule has 1 aromatic rings. The van der Waals surface area contributed by atoms with Gasteiger partial charge in [0.25, 0.3) is 0 Å². The fourth-order valence-electron chi connectivity index (χ4n) is 1.68. The van der Waals surface area contributed by atoms with Gasteiger partial charge in [-0.15, -0.1) is 0 Å². The van der Waals surface area contributed by atoms with Gasteiger partial charge in [-0.2, -0.15) is 0 Å². The highest BCUT2D eigenvalue weighted by atomic mass is 32.2. The van der Waals surface area contributed by atoms with Crippen LogP contribution in [0.25, 0.3) is 0 Å². The summed E-state index contributed by atoms with van der Waals surface area (Å²) < 4.78 is 26.8. The smallest absolute Gasteiger partial charge is 0.240 e. The average molecular weight is 299 g/mol. The van der Waals surface area contributed by atoms with E-state index < -0.39 is 10.0 Å². The second-order valence-corrected chi connectivity index (χ2v) is 6.87. The van der Waals surface area contributed by atoms with E-state index in [2.05, 4.69) is 28.8 Å². The van der Waals surface area contributed by atoms with E-state index in [1.54, 1.807) is 31.3 Å². The molecule has 0 aliphatic carbocycles. The molecule has 0 unspecified atom stereocenters. The summed E-state index contributed by atoms with van der Waals surface area (Å²) in [6.07, 6.45) is 0.794. The standard InChI is InChI=1S/C14H25N3O2S/c1-12(2)17(4)11-5-10-16-20(18,19)14-8-6-13(15-3)7-9-14/h6-9,12,15-16H,5,10-11H2,1-4H3. The Hall–Kier alpha value is -1.11. The maximum Gasteiger partial charge on any atom is 0.240 e. The number of nitrogens with one attached hydrogen (secondary N) is 2. The SMILES string of the molecule is CNc1ccc(S(=O)(=O)NCCCN(C)C(C)C)cc1. The van der Waals surface area contributed by atoms with Gasteiger partial charge in [-0.3, -0.25) is 0 Å². The molecule has 0 aliphatic rings. The summed E-state index contributed by atoms with van der Waals surface area (Å²) in [7, 11) is 0.436. The minimum Gasteiger partial charge on any atom is -0.388 e.